The average Bonchev–Trinajstić information content (AvgIpc) is 3.25. The van der Waals surface area contributed by atoms with Crippen molar-refractivity contribution < 1.29 is 9.53 Å². The molecule has 0 radical (unpaired) electrons. The van der Waals surface area contributed by atoms with Crippen LogP contribution in [0.3, 0.4) is 0 Å². The maximum atomic E-state index is 12.5. The summed E-state index contributed by atoms with van der Waals surface area (Å²) in [5, 5.41) is 4.20. The zero-order valence-electron chi connectivity index (χ0n) is 14.4. The molecule has 0 saturated carbocycles. The first kappa shape index (κ1) is 17.0. The second-order valence-electron chi connectivity index (χ2n) is 6.64. The zero-order valence-corrected chi connectivity index (χ0v) is 16.0. The second kappa shape index (κ2) is 7.43. The second-order valence-corrected chi connectivity index (χ2v) is 9.07. The Morgan fingerprint density at radius 3 is 2.96 bits per heavy atom. The van der Waals surface area contributed by atoms with E-state index in [2.05, 4.69) is 29.3 Å². The van der Waals surface area contributed by atoms with Crippen LogP contribution in [0, 0.1) is 12.8 Å². The van der Waals surface area contributed by atoms with Gasteiger partial charge in [0, 0.05) is 40.1 Å². The first-order chi connectivity index (χ1) is 12.2. The van der Waals surface area contributed by atoms with Gasteiger partial charge >= 0.3 is 0 Å². The maximum Gasteiger partial charge on any atom is 0.223 e. The molecule has 1 unspecified atom stereocenters. The highest BCUT2D eigenvalue weighted by molar-refractivity contribution is 7.15. The lowest BCUT2D eigenvalue weighted by molar-refractivity contribution is -0.125. The molecule has 2 aromatic heterocycles. The molecule has 134 valence electrons. The fraction of sp³-hybridized carbons (Fsp3) is 0.556. The number of aryl methyl sites for hydroxylation is 2. The quantitative estimate of drug-likeness (QED) is 0.890. The van der Waals surface area contributed by atoms with Gasteiger partial charge in [0.25, 0.3) is 0 Å². The molecule has 1 amide bonds. The van der Waals surface area contributed by atoms with E-state index in [-0.39, 0.29) is 11.8 Å². The summed E-state index contributed by atoms with van der Waals surface area (Å²) in [5.74, 6) is 0.214. The third-order valence-corrected chi connectivity index (χ3v) is 7.03. The van der Waals surface area contributed by atoms with Gasteiger partial charge in [0.1, 0.15) is 0 Å². The summed E-state index contributed by atoms with van der Waals surface area (Å²) in [6, 6.07) is 4.19. The van der Waals surface area contributed by atoms with Gasteiger partial charge in [-0.2, -0.15) is 0 Å². The highest BCUT2D eigenvalue weighted by Crippen LogP contribution is 2.34. The number of thiazole rings is 1. The molecule has 0 aromatic carbocycles. The molecule has 2 aromatic rings. The van der Waals surface area contributed by atoms with Crippen molar-refractivity contribution in [2.75, 3.05) is 31.2 Å². The lowest BCUT2D eigenvalue weighted by atomic mass is 9.90. The number of amides is 1. The Morgan fingerprint density at radius 2 is 2.20 bits per heavy atom. The summed E-state index contributed by atoms with van der Waals surface area (Å²) in [5.41, 5.74) is 1.13. The van der Waals surface area contributed by atoms with E-state index in [9.17, 15) is 4.79 Å². The van der Waals surface area contributed by atoms with E-state index in [1.165, 1.54) is 14.6 Å². The summed E-state index contributed by atoms with van der Waals surface area (Å²) >= 11 is 3.54. The lowest BCUT2D eigenvalue weighted by Crippen LogP contribution is -2.36. The molecular formula is C18H23N3O2S2. The SMILES string of the molecule is Cc1ccc(CNC(=O)C2CCc3sc(N4CCOCC4)nc3C2)s1. The number of ether oxygens (including phenoxy) is 1. The van der Waals surface area contributed by atoms with E-state index in [1.54, 1.807) is 22.7 Å². The van der Waals surface area contributed by atoms with Crippen molar-refractivity contribution in [3.8, 4) is 0 Å². The van der Waals surface area contributed by atoms with Gasteiger partial charge in [-0.3, -0.25) is 4.79 Å². The third-order valence-electron chi connectivity index (χ3n) is 4.81. The number of carbonyl (C=O) groups excluding carboxylic acids is 1. The van der Waals surface area contributed by atoms with Gasteiger partial charge in [0.2, 0.25) is 5.91 Å². The van der Waals surface area contributed by atoms with Crippen LogP contribution in [-0.2, 0) is 28.9 Å². The summed E-state index contributed by atoms with van der Waals surface area (Å²) in [6.07, 6.45) is 2.66. The Balaban J connectivity index is 1.36. The van der Waals surface area contributed by atoms with Gasteiger partial charge in [-0.25, -0.2) is 4.98 Å². The zero-order chi connectivity index (χ0) is 17.2. The van der Waals surface area contributed by atoms with Crippen molar-refractivity contribution in [2.45, 2.75) is 32.7 Å². The van der Waals surface area contributed by atoms with E-state index in [4.69, 9.17) is 9.72 Å². The van der Waals surface area contributed by atoms with Crippen LogP contribution in [0.4, 0.5) is 5.13 Å². The molecule has 1 atom stereocenters. The number of nitrogens with zero attached hydrogens (tertiary/aromatic N) is 2. The maximum absolute atomic E-state index is 12.5. The van der Waals surface area contributed by atoms with Crippen molar-refractivity contribution >= 4 is 33.7 Å². The van der Waals surface area contributed by atoms with Crippen LogP contribution in [0.2, 0.25) is 0 Å². The standard InChI is InChI=1S/C18H23N3O2S2/c1-12-2-4-14(24-12)11-19-17(22)13-3-5-16-15(10-13)20-18(25-16)21-6-8-23-9-7-21/h2,4,13H,3,5-11H2,1H3,(H,19,22). The van der Waals surface area contributed by atoms with Crippen molar-refractivity contribution in [3.63, 3.8) is 0 Å². The van der Waals surface area contributed by atoms with Gasteiger partial charge in [0.05, 0.1) is 25.5 Å². The monoisotopic (exact) mass is 377 g/mol. The number of fused-ring (bicyclic) bond motifs is 1. The molecule has 1 fully saturated rings. The fourth-order valence-corrected chi connectivity index (χ4v) is 5.36. The van der Waals surface area contributed by atoms with E-state index < -0.39 is 0 Å². The summed E-state index contributed by atoms with van der Waals surface area (Å²) in [4.78, 5) is 23.5. The molecular weight excluding hydrogens is 354 g/mol. The van der Waals surface area contributed by atoms with Crippen LogP contribution in [0.15, 0.2) is 12.1 Å². The summed E-state index contributed by atoms with van der Waals surface area (Å²) in [6.45, 7) is 6.10. The molecule has 1 saturated heterocycles. The first-order valence-electron chi connectivity index (χ1n) is 8.83. The smallest absolute Gasteiger partial charge is 0.223 e. The number of thiophene rings is 1. The minimum atomic E-state index is 0.0493. The minimum Gasteiger partial charge on any atom is -0.378 e. The molecule has 4 rings (SSSR count). The number of carbonyl (C=O) groups is 1. The van der Waals surface area contributed by atoms with E-state index >= 15 is 0 Å². The van der Waals surface area contributed by atoms with Gasteiger partial charge in [-0.15, -0.1) is 22.7 Å². The lowest BCUT2D eigenvalue weighted by Gasteiger charge is -2.26. The molecule has 3 heterocycles. The van der Waals surface area contributed by atoms with Crippen LogP contribution in [-0.4, -0.2) is 37.2 Å². The Labute approximate surface area is 156 Å². The van der Waals surface area contributed by atoms with Crippen LogP contribution >= 0.6 is 22.7 Å². The van der Waals surface area contributed by atoms with E-state index in [1.807, 2.05) is 0 Å². The van der Waals surface area contributed by atoms with Crippen LogP contribution in [0.25, 0.3) is 0 Å². The predicted octanol–water partition coefficient (Wildman–Crippen LogP) is 2.77. The van der Waals surface area contributed by atoms with Gasteiger partial charge < -0.3 is 15.0 Å². The number of rotatable bonds is 4. The van der Waals surface area contributed by atoms with Crippen LogP contribution in [0.5, 0.6) is 0 Å². The number of morpholine rings is 1. The highest BCUT2D eigenvalue weighted by atomic mass is 32.1. The highest BCUT2D eigenvalue weighted by Gasteiger charge is 2.28. The first-order valence-corrected chi connectivity index (χ1v) is 10.5. The Hall–Kier alpha value is -1.44. The summed E-state index contributed by atoms with van der Waals surface area (Å²) in [7, 11) is 0. The fourth-order valence-electron chi connectivity index (χ4n) is 3.38. The number of anilines is 1. The van der Waals surface area contributed by atoms with Crippen molar-refractivity contribution in [2.24, 2.45) is 5.92 Å². The number of hydrogen-bond donors (Lipinski definition) is 1. The summed E-state index contributed by atoms with van der Waals surface area (Å²) < 4.78 is 5.42. The number of nitrogens with one attached hydrogen (secondary N) is 1. The molecule has 0 spiro atoms. The molecule has 1 N–H and O–H groups in total. The molecule has 1 aliphatic heterocycles. The van der Waals surface area contributed by atoms with Crippen molar-refractivity contribution in [1.82, 2.24) is 10.3 Å². The van der Waals surface area contributed by atoms with Crippen LogP contribution in [0.1, 0.15) is 26.7 Å². The molecule has 1 aliphatic carbocycles. The predicted molar refractivity (Wildman–Crippen MR) is 102 cm³/mol. The van der Waals surface area contributed by atoms with Gasteiger partial charge in [-0.05, 0) is 31.9 Å². The molecule has 5 nitrogen and oxygen atoms in total. The largest absolute Gasteiger partial charge is 0.378 e. The third kappa shape index (κ3) is 3.88. The minimum absolute atomic E-state index is 0.0493. The van der Waals surface area contributed by atoms with Crippen molar-refractivity contribution in [3.05, 3.63) is 32.5 Å². The molecule has 2 aliphatic rings. The van der Waals surface area contributed by atoms with Gasteiger partial charge in [0.15, 0.2) is 5.13 Å². The number of hydrogen-bond acceptors (Lipinski definition) is 6. The average molecular weight is 378 g/mol. The Morgan fingerprint density at radius 1 is 1.36 bits per heavy atom. The number of aromatic nitrogens is 1. The normalized spacial score (nSPS) is 20.4. The molecule has 0 bridgehead atoms. The van der Waals surface area contributed by atoms with Crippen molar-refractivity contribution in [1.29, 1.82) is 0 Å². The Kier molecular flexibility index (Phi) is 5.05. The van der Waals surface area contributed by atoms with E-state index in [0.29, 0.717) is 6.54 Å². The van der Waals surface area contributed by atoms with Crippen LogP contribution < -0.4 is 10.2 Å². The van der Waals surface area contributed by atoms with E-state index in [0.717, 1.165) is 56.4 Å². The molecule has 25 heavy (non-hydrogen) atoms. The Bertz CT molecular complexity index is 749. The topological polar surface area (TPSA) is 54.5 Å². The van der Waals surface area contributed by atoms with Gasteiger partial charge in [-0.1, -0.05) is 0 Å². The molecule has 7 heteroatoms.